The van der Waals surface area contributed by atoms with Gasteiger partial charge in [0.1, 0.15) is 5.60 Å². The molecule has 0 bridgehead atoms. The molecule has 4 nitrogen and oxygen atoms in total. The number of hydrogen-bond acceptors (Lipinski definition) is 3. The lowest BCUT2D eigenvalue weighted by atomic mass is 9.50. The molecule has 4 aliphatic carbocycles. The summed E-state index contributed by atoms with van der Waals surface area (Å²) in [6.45, 7) is 1.40. The minimum absolute atomic E-state index is 0.0339. The molecule has 5 atom stereocenters. The molecule has 1 aromatic rings. The molecule has 0 radical (unpaired) electrons. The molecule has 1 aromatic carbocycles. The topological polar surface area (TPSA) is 57.6 Å². The summed E-state index contributed by atoms with van der Waals surface area (Å²) >= 11 is 0. The number of allylic oxidation sites excluding steroid dienone is 4. The molecular weight excluding hydrogens is 505 g/mol. The van der Waals surface area contributed by atoms with Gasteiger partial charge < -0.3 is 10.0 Å². The highest BCUT2D eigenvalue weighted by Gasteiger charge is 2.79. The molecule has 0 spiro atoms. The summed E-state index contributed by atoms with van der Waals surface area (Å²) < 4.78 is 71.1. The molecule has 2 saturated carbocycles. The zero-order valence-corrected chi connectivity index (χ0v) is 21.7. The number of rotatable bonds is 3. The Hall–Kier alpha value is -2.55. The molecule has 0 unspecified atom stereocenters. The highest BCUT2D eigenvalue weighted by Crippen LogP contribution is 2.70. The van der Waals surface area contributed by atoms with Crippen LogP contribution in [0.1, 0.15) is 73.7 Å². The molecule has 4 aliphatic rings. The Bertz CT molecular complexity index is 1230. The van der Waals surface area contributed by atoms with Gasteiger partial charge in [-0.2, -0.15) is 22.0 Å². The second kappa shape index (κ2) is 8.73. The van der Waals surface area contributed by atoms with Crippen LogP contribution in [0.15, 0.2) is 47.1 Å². The van der Waals surface area contributed by atoms with Gasteiger partial charge in [-0.25, -0.2) is 0 Å². The van der Waals surface area contributed by atoms with Crippen LogP contribution in [0.5, 0.6) is 0 Å². The van der Waals surface area contributed by atoms with Crippen molar-refractivity contribution in [1.82, 2.24) is 4.90 Å². The maximum atomic E-state index is 15.0. The van der Waals surface area contributed by atoms with Gasteiger partial charge in [0.05, 0.1) is 0 Å². The van der Waals surface area contributed by atoms with Crippen molar-refractivity contribution in [2.75, 3.05) is 14.1 Å². The molecule has 0 aromatic heterocycles. The van der Waals surface area contributed by atoms with Crippen molar-refractivity contribution < 1.29 is 36.6 Å². The van der Waals surface area contributed by atoms with E-state index in [0.29, 0.717) is 36.8 Å². The predicted molar refractivity (Wildman–Crippen MR) is 131 cm³/mol. The lowest BCUT2D eigenvalue weighted by Crippen LogP contribution is -2.65. The monoisotopic (exact) mass is 537 g/mol. The van der Waals surface area contributed by atoms with Crippen LogP contribution in [0.25, 0.3) is 0 Å². The van der Waals surface area contributed by atoms with Crippen molar-refractivity contribution in [2.45, 2.75) is 75.5 Å². The lowest BCUT2D eigenvalue weighted by Gasteiger charge is -2.56. The SMILES string of the molecule is CN(C)C(=O)c1ccc([C@H]2C[C@@]3(C)[C@@H](CC[C@@]3(O)C(F)(F)C(F)(F)F)[C@@H]3CCC4=CC(=O)CCC4=C32)cc1. The van der Waals surface area contributed by atoms with Crippen LogP contribution < -0.4 is 0 Å². The number of carbonyl (C=O) groups excluding carboxylic acids is 2. The number of aliphatic hydroxyl groups is 1. The van der Waals surface area contributed by atoms with Gasteiger partial charge in [0.15, 0.2) is 5.78 Å². The van der Waals surface area contributed by atoms with E-state index in [9.17, 15) is 27.9 Å². The third-order valence-corrected chi connectivity index (χ3v) is 9.73. The van der Waals surface area contributed by atoms with Crippen LogP contribution in [-0.2, 0) is 4.79 Å². The molecule has 2 fully saturated rings. The highest BCUT2D eigenvalue weighted by atomic mass is 19.4. The number of hydrogen-bond donors (Lipinski definition) is 1. The first-order valence-electron chi connectivity index (χ1n) is 13.1. The smallest absolute Gasteiger partial charge is 0.383 e. The summed E-state index contributed by atoms with van der Waals surface area (Å²) in [4.78, 5) is 26.0. The third kappa shape index (κ3) is 3.71. The molecule has 206 valence electrons. The van der Waals surface area contributed by atoms with Crippen LogP contribution in [-0.4, -0.2) is 53.5 Å². The Morgan fingerprint density at radius 3 is 2.29 bits per heavy atom. The largest absolute Gasteiger partial charge is 0.456 e. The van der Waals surface area contributed by atoms with Crippen LogP contribution in [0.4, 0.5) is 22.0 Å². The maximum absolute atomic E-state index is 15.0. The first kappa shape index (κ1) is 27.0. The second-order valence-corrected chi connectivity index (χ2v) is 11.8. The first-order valence-corrected chi connectivity index (χ1v) is 13.1. The Balaban J connectivity index is 1.66. The van der Waals surface area contributed by atoms with E-state index in [1.54, 1.807) is 44.4 Å². The quantitative estimate of drug-likeness (QED) is 0.466. The molecule has 0 heterocycles. The molecule has 9 heteroatoms. The van der Waals surface area contributed by atoms with E-state index >= 15 is 8.78 Å². The van der Waals surface area contributed by atoms with E-state index in [2.05, 4.69) is 0 Å². The number of nitrogens with zero attached hydrogens (tertiary/aromatic N) is 1. The molecular formula is C29H32F5NO3. The number of halogens is 5. The zero-order chi connectivity index (χ0) is 27.8. The average molecular weight is 538 g/mol. The lowest BCUT2D eigenvalue weighted by molar-refractivity contribution is -0.362. The van der Waals surface area contributed by atoms with Crippen molar-refractivity contribution in [1.29, 1.82) is 0 Å². The number of ketones is 1. The number of benzene rings is 1. The van der Waals surface area contributed by atoms with E-state index in [1.165, 1.54) is 11.8 Å². The van der Waals surface area contributed by atoms with Gasteiger partial charge in [0.2, 0.25) is 0 Å². The van der Waals surface area contributed by atoms with E-state index < -0.39 is 41.4 Å². The van der Waals surface area contributed by atoms with Gasteiger partial charge in [-0.15, -0.1) is 0 Å². The van der Waals surface area contributed by atoms with Crippen molar-refractivity contribution in [3.63, 3.8) is 0 Å². The van der Waals surface area contributed by atoms with E-state index in [4.69, 9.17) is 0 Å². The predicted octanol–water partition coefficient (Wildman–Crippen LogP) is 6.22. The molecule has 0 aliphatic heterocycles. The summed E-state index contributed by atoms with van der Waals surface area (Å²) in [7, 11) is 3.24. The minimum atomic E-state index is -5.88. The Kier molecular flexibility index (Phi) is 6.21. The highest BCUT2D eigenvalue weighted by molar-refractivity contribution is 5.94. The fraction of sp³-hybridized carbons (Fsp3) is 0.586. The Morgan fingerprint density at radius 1 is 1.03 bits per heavy atom. The van der Waals surface area contributed by atoms with Crippen molar-refractivity contribution in [3.8, 4) is 0 Å². The molecule has 5 rings (SSSR count). The molecule has 1 amide bonds. The average Bonchev–Trinajstić information content (AvgIpc) is 3.13. The second-order valence-electron chi connectivity index (χ2n) is 11.8. The first-order chi connectivity index (χ1) is 17.6. The number of amides is 1. The fourth-order valence-corrected chi connectivity index (χ4v) is 7.83. The van der Waals surface area contributed by atoms with E-state index in [-0.39, 0.29) is 30.4 Å². The van der Waals surface area contributed by atoms with Crippen LogP contribution in [0.2, 0.25) is 0 Å². The minimum Gasteiger partial charge on any atom is -0.383 e. The number of carbonyl (C=O) groups is 2. The van der Waals surface area contributed by atoms with E-state index in [0.717, 1.165) is 16.7 Å². The van der Waals surface area contributed by atoms with Crippen LogP contribution in [0, 0.1) is 17.3 Å². The molecule has 1 N–H and O–H groups in total. The Morgan fingerprint density at radius 2 is 1.68 bits per heavy atom. The number of fused-ring (bicyclic) bond motifs is 4. The Labute approximate surface area is 218 Å². The van der Waals surface area contributed by atoms with Gasteiger partial charge in [0.25, 0.3) is 5.91 Å². The van der Waals surface area contributed by atoms with Gasteiger partial charge in [0, 0.05) is 37.4 Å². The maximum Gasteiger partial charge on any atom is 0.456 e. The van der Waals surface area contributed by atoms with Crippen molar-refractivity contribution in [3.05, 3.63) is 58.2 Å². The van der Waals surface area contributed by atoms with Crippen molar-refractivity contribution >= 4 is 11.7 Å². The summed E-state index contributed by atoms with van der Waals surface area (Å²) in [6.07, 6.45) is -2.96. The fourth-order valence-electron chi connectivity index (χ4n) is 7.83. The van der Waals surface area contributed by atoms with Gasteiger partial charge >= 0.3 is 12.1 Å². The van der Waals surface area contributed by atoms with Crippen LogP contribution >= 0.6 is 0 Å². The van der Waals surface area contributed by atoms with Gasteiger partial charge in [-0.05, 0) is 85.3 Å². The van der Waals surface area contributed by atoms with Gasteiger partial charge in [-0.1, -0.05) is 24.6 Å². The summed E-state index contributed by atoms with van der Waals surface area (Å²) in [5.41, 5.74) is -0.861. The zero-order valence-electron chi connectivity index (χ0n) is 21.7. The molecule has 0 saturated heterocycles. The number of alkyl halides is 5. The van der Waals surface area contributed by atoms with Crippen LogP contribution in [0.3, 0.4) is 0 Å². The standard InChI is InChI=1S/C29H32F5NO3/c1-26-15-22(16-4-6-17(7-5-16)25(37)35(2)3)24-20-11-9-19(36)14-18(20)8-10-21(24)23(26)12-13-27(26,38)28(30,31)29(32,33)34/h4-7,14,21-23,38H,8-13,15H2,1-3H3/t21-,22+,23-,26-,27-/m0/s1. The summed E-state index contributed by atoms with van der Waals surface area (Å²) in [5.74, 6) is -6.79. The normalized spacial score (nSPS) is 33.3. The van der Waals surface area contributed by atoms with Gasteiger partial charge in [-0.3, -0.25) is 9.59 Å². The van der Waals surface area contributed by atoms with Crippen molar-refractivity contribution in [2.24, 2.45) is 17.3 Å². The third-order valence-electron chi connectivity index (χ3n) is 9.73. The summed E-state index contributed by atoms with van der Waals surface area (Å²) in [5, 5.41) is 11.3. The summed E-state index contributed by atoms with van der Waals surface area (Å²) in [6, 6.07) is 6.75. The molecule has 38 heavy (non-hydrogen) atoms. The van der Waals surface area contributed by atoms with E-state index in [1.807, 2.05) is 0 Å².